The molecule has 4 heteroatoms. The maximum absolute atomic E-state index is 12.5. The topological polar surface area (TPSA) is 46.6 Å². The molecule has 0 aliphatic carbocycles. The van der Waals surface area contributed by atoms with E-state index in [1.54, 1.807) is 0 Å². The Kier molecular flexibility index (Phi) is 5.71. The minimum Gasteiger partial charge on any atom is -0.483 e. The van der Waals surface area contributed by atoms with Crippen LogP contribution in [0.1, 0.15) is 34.3 Å². The van der Waals surface area contributed by atoms with Crippen molar-refractivity contribution in [1.29, 1.82) is 0 Å². The van der Waals surface area contributed by atoms with Crippen molar-refractivity contribution < 1.29 is 14.3 Å². The molecule has 0 spiro atoms. The SMILES string of the molecule is Cc1cccc(C)c1OCC(=O)N1CCC(C(=O)c2ccccc2)CC1. The third-order valence-electron chi connectivity index (χ3n) is 5.03. The van der Waals surface area contributed by atoms with Crippen molar-refractivity contribution in [2.75, 3.05) is 19.7 Å². The van der Waals surface area contributed by atoms with Gasteiger partial charge in [-0.15, -0.1) is 0 Å². The first kappa shape index (κ1) is 18.2. The smallest absolute Gasteiger partial charge is 0.260 e. The van der Waals surface area contributed by atoms with Crippen molar-refractivity contribution >= 4 is 11.7 Å². The van der Waals surface area contributed by atoms with Gasteiger partial charge in [-0.3, -0.25) is 9.59 Å². The lowest BCUT2D eigenvalue weighted by Gasteiger charge is -2.31. The van der Waals surface area contributed by atoms with E-state index >= 15 is 0 Å². The number of benzene rings is 2. The fraction of sp³-hybridized carbons (Fsp3) is 0.364. The number of Topliss-reactive ketones (excluding diaryl/α,β-unsaturated/α-hetero) is 1. The molecule has 2 aromatic carbocycles. The number of piperidine rings is 1. The van der Waals surface area contributed by atoms with Gasteiger partial charge in [-0.1, -0.05) is 48.5 Å². The van der Waals surface area contributed by atoms with Crippen molar-refractivity contribution in [2.24, 2.45) is 5.92 Å². The van der Waals surface area contributed by atoms with Crippen LogP contribution in [0.5, 0.6) is 5.75 Å². The third-order valence-corrected chi connectivity index (χ3v) is 5.03. The molecular weight excluding hydrogens is 326 g/mol. The molecule has 2 aromatic rings. The predicted octanol–water partition coefficient (Wildman–Crippen LogP) is 3.80. The summed E-state index contributed by atoms with van der Waals surface area (Å²) in [4.78, 5) is 26.8. The van der Waals surface area contributed by atoms with Gasteiger partial charge in [0.1, 0.15) is 5.75 Å². The maximum Gasteiger partial charge on any atom is 0.260 e. The van der Waals surface area contributed by atoms with Gasteiger partial charge in [-0.05, 0) is 37.8 Å². The normalized spacial score (nSPS) is 14.9. The highest BCUT2D eigenvalue weighted by Crippen LogP contribution is 2.24. The van der Waals surface area contributed by atoms with Crippen molar-refractivity contribution in [3.05, 3.63) is 65.2 Å². The molecule has 3 rings (SSSR count). The van der Waals surface area contributed by atoms with Gasteiger partial charge in [0.2, 0.25) is 0 Å². The summed E-state index contributed by atoms with van der Waals surface area (Å²) in [5, 5.41) is 0. The number of aryl methyl sites for hydroxylation is 2. The van der Waals surface area contributed by atoms with Crippen molar-refractivity contribution in [3.8, 4) is 5.75 Å². The van der Waals surface area contributed by atoms with Crippen LogP contribution in [-0.2, 0) is 4.79 Å². The molecule has 26 heavy (non-hydrogen) atoms. The van der Waals surface area contributed by atoms with Crippen LogP contribution in [-0.4, -0.2) is 36.3 Å². The minimum absolute atomic E-state index is 0.000908. The Bertz CT molecular complexity index is 757. The lowest BCUT2D eigenvalue weighted by molar-refractivity contribution is -0.134. The second-order valence-electron chi connectivity index (χ2n) is 6.89. The van der Waals surface area contributed by atoms with Crippen molar-refractivity contribution in [2.45, 2.75) is 26.7 Å². The van der Waals surface area contributed by atoms with Gasteiger partial charge in [-0.2, -0.15) is 0 Å². The number of hydrogen-bond donors (Lipinski definition) is 0. The molecule has 1 heterocycles. The van der Waals surface area contributed by atoms with Gasteiger partial charge < -0.3 is 9.64 Å². The Balaban J connectivity index is 1.51. The summed E-state index contributed by atoms with van der Waals surface area (Å²) < 4.78 is 5.77. The number of rotatable bonds is 5. The molecule has 1 fully saturated rings. The van der Waals surface area contributed by atoms with Crippen LogP contribution < -0.4 is 4.74 Å². The third kappa shape index (κ3) is 4.13. The lowest BCUT2D eigenvalue weighted by atomic mass is 9.89. The summed E-state index contributed by atoms with van der Waals surface area (Å²) in [5.41, 5.74) is 2.82. The van der Waals surface area contributed by atoms with E-state index in [-0.39, 0.29) is 24.2 Å². The summed E-state index contributed by atoms with van der Waals surface area (Å²) in [6, 6.07) is 15.3. The lowest BCUT2D eigenvalue weighted by Crippen LogP contribution is -2.42. The fourth-order valence-electron chi connectivity index (χ4n) is 3.48. The molecule has 1 amide bonds. The van der Waals surface area contributed by atoms with Crippen LogP contribution in [0.2, 0.25) is 0 Å². The van der Waals surface area contributed by atoms with E-state index in [1.165, 1.54) is 0 Å². The van der Waals surface area contributed by atoms with Crippen molar-refractivity contribution in [3.63, 3.8) is 0 Å². The Labute approximate surface area is 154 Å². The number of carbonyl (C=O) groups is 2. The van der Waals surface area contributed by atoms with Gasteiger partial charge in [0.25, 0.3) is 5.91 Å². The van der Waals surface area contributed by atoms with E-state index < -0.39 is 0 Å². The van der Waals surface area contributed by atoms with Gasteiger partial charge in [-0.25, -0.2) is 0 Å². The zero-order valence-corrected chi connectivity index (χ0v) is 15.4. The molecule has 0 radical (unpaired) electrons. The average molecular weight is 351 g/mol. The van der Waals surface area contributed by atoms with Crippen LogP contribution in [0.25, 0.3) is 0 Å². The molecule has 0 bridgehead atoms. The number of ether oxygens (including phenoxy) is 1. The summed E-state index contributed by atoms with van der Waals surface area (Å²) in [6.45, 7) is 5.22. The number of carbonyl (C=O) groups excluding carboxylic acids is 2. The molecule has 136 valence electrons. The van der Waals surface area contributed by atoms with E-state index in [9.17, 15) is 9.59 Å². The Morgan fingerprint density at radius 1 is 0.962 bits per heavy atom. The fourth-order valence-corrected chi connectivity index (χ4v) is 3.48. The number of hydrogen-bond acceptors (Lipinski definition) is 3. The first-order valence-electron chi connectivity index (χ1n) is 9.12. The quantitative estimate of drug-likeness (QED) is 0.770. The Morgan fingerprint density at radius 3 is 2.19 bits per heavy atom. The second-order valence-corrected chi connectivity index (χ2v) is 6.89. The minimum atomic E-state index is -0.0155. The molecule has 4 nitrogen and oxygen atoms in total. The molecule has 0 atom stereocenters. The highest BCUT2D eigenvalue weighted by molar-refractivity contribution is 5.98. The number of para-hydroxylation sites is 1. The monoisotopic (exact) mass is 351 g/mol. The highest BCUT2D eigenvalue weighted by atomic mass is 16.5. The van der Waals surface area contributed by atoms with Gasteiger partial charge in [0.05, 0.1) is 0 Å². The van der Waals surface area contributed by atoms with E-state index in [0.29, 0.717) is 25.9 Å². The van der Waals surface area contributed by atoms with E-state index in [0.717, 1.165) is 22.4 Å². The van der Waals surface area contributed by atoms with Gasteiger partial charge >= 0.3 is 0 Å². The van der Waals surface area contributed by atoms with Crippen LogP contribution in [0.4, 0.5) is 0 Å². The molecule has 0 saturated carbocycles. The first-order chi connectivity index (χ1) is 12.6. The molecule has 1 saturated heterocycles. The van der Waals surface area contributed by atoms with Crippen LogP contribution in [0.3, 0.4) is 0 Å². The summed E-state index contributed by atoms with van der Waals surface area (Å²) >= 11 is 0. The van der Waals surface area contributed by atoms with E-state index in [4.69, 9.17) is 4.74 Å². The summed E-state index contributed by atoms with van der Waals surface area (Å²) in [5.74, 6) is 0.957. The molecule has 0 unspecified atom stereocenters. The molecule has 1 aliphatic rings. The summed E-state index contributed by atoms with van der Waals surface area (Å²) in [7, 11) is 0. The van der Waals surface area contributed by atoms with Gasteiger partial charge in [0, 0.05) is 24.6 Å². The zero-order chi connectivity index (χ0) is 18.5. The number of likely N-dealkylation sites (tertiary alicyclic amines) is 1. The molecule has 1 aliphatic heterocycles. The van der Waals surface area contributed by atoms with E-state index in [1.807, 2.05) is 67.3 Å². The van der Waals surface area contributed by atoms with Gasteiger partial charge in [0.15, 0.2) is 12.4 Å². The largest absolute Gasteiger partial charge is 0.483 e. The maximum atomic E-state index is 12.5. The van der Waals surface area contributed by atoms with Crippen LogP contribution >= 0.6 is 0 Å². The van der Waals surface area contributed by atoms with Crippen LogP contribution in [0.15, 0.2) is 48.5 Å². The number of amides is 1. The highest BCUT2D eigenvalue weighted by Gasteiger charge is 2.28. The second kappa shape index (κ2) is 8.17. The molecular formula is C22H25NO3. The summed E-state index contributed by atoms with van der Waals surface area (Å²) in [6.07, 6.45) is 1.42. The first-order valence-corrected chi connectivity index (χ1v) is 9.12. The standard InChI is InChI=1S/C22H25NO3/c1-16-7-6-8-17(2)22(16)26-15-20(24)23-13-11-19(12-14-23)21(25)18-9-4-3-5-10-18/h3-10,19H,11-15H2,1-2H3. The van der Waals surface area contributed by atoms with E-state index in [2.05, 4.69) is 0 Å². The predicted molar refractivity (Wildman–Crippen MR) is 101 cm³/mol. The van der Waals surface area contributed by atoms with Crippen LogP contribution in [0, 0.1) is 19.8 Å². The Hall–Kier alpha value is -2.62. The number of nitrogens with zero attached hydrogens (tertiary/aromatic N) is 1. The van der Waals surface area contributed by atoms with Crippen molar-refractivity contribution in [1.82, 2.24) is 4.90 Å². The number of ketones is 1. The average Bonchev–Trinajstić information content (AvgIpc) is 2.67. The zero-order valence-electron chi connectivity index (χ0n) is 15.4. The molecule has 0 N–H and O–H groups in total. The Morgan fingerprint density at radius 2 is 1.58 bits per heavy atom. The molecule has 0 aromatic heterocycles.